The first-order valence-corrected chi connectivity index (χ1v) is 7.00. The Hall–Kier alpha value is -2.09. The zero-order valence-corrected chi connectivity index (χ0v) is 12.0. The lowest BCUT2D eigenvalue weighted by Gasteiger charge is -2.07. The van der Waals surface area contributed by atoms with Gasteiger partial charge in [-0.15, -0.1) is 5.10 Å². The minimum Gasteiger partial charge on any atom is -0.435 e. The highest BCUT2D eigenvalue weighted by atomic mass is 32.1. The van der Waals surface area contributed by atoms with Crippen molar-refractivity contribution in [3.8, 4) is 5.75 Å². The number of nitrogens with one attached hydrogen (secondary N) is 1. The standard InChI is InChI=1S/C13H13F2N3O2S/c1-2-10-11(21-18-17-10)12(19)16-7-8-3-5-9(6-4-8)20-13(14)15/h3-6,13H,2,7H2,1H3,(H,16,19). The second-order valence-electron chi connectivity index (χ2n) is 4.11. The van der Waals surface area contributed by atoms with Gasteiger partial charge in [-0.3, -0.25) is 4.79 Å². The first-order chi connectivity index (χ1) is 10.1. The van der Waals surface area contributed by atoms with Crippen LogP contribution in [-0.4, -0.2) is 22.1 Å². The molecule has 0 unspecified atom stereocenters. The maximum absolute atomic E-state index is 12.0. The molecule has 0 aliphatic heterocycles. The van der Waals surface area contributed by atoms with E-state index >= 15 is 0 Å². The molecule has 0 atom stereocenters. The van der Waals surface area contributed by atoms with Gasteiger partial charge in [-0.2, -0.15) is 8.78 Å². The molecule has 0 bridgehead atoms. The van der Waals surface area contributed by atoms with E-state index in [1.807, 2.05) is 6.92 Å². The third kappa shape index (κ3) is 4.19. The van der Waals surface area contributed by atoms with E-state index in [0.29, 0.717) is 17.0 Å². The molecule has 0 radical (unpaired) electrons. The smallest absolute Gasteiger partial charge is 0.387 e. The Morgan fingerprint density at radius 2 is 2.10 bits per heavy atom. The van der Waals surface area contributed by atoms with Gasteiger partial charge in [0.25, 0.3) is 5.91 Å². The largest absolute Gasteiger partial charge is 0.435 e. The number of aromatic nitrogens is 2. The summed E-state index contributed by atoms with van der Waals surface area (Å²) in [6, 6.07) is 6.09. The van der Waals surface area contributed by atoms with E-state index in [1.165, 1.54) is 12.1 Å². The van der Waals surface area contributed by atoms with Crippen LogP contribution in [0.25, 0.3) is 0 Å². The van der Waals surface area contributed by atoms with Crippen molar-refractivity contribution in [1.29, 1.82) is 0 Å². The highest BCUT2D eigenvalue weighted by Gasteiger charge is 2.14. The van der Waals surface area contributed by atoms with Gasteiger partial charge in [-0.25, -0.2) is 0 Å². The summed E-state index contributed by atoms with van der Waals surface area (Å²) in [5, 5.41) is 6.61. The SMILES string of the molecule is CCc1nnsc1C(=O)NCc1ccc(OC(F)F)cc1. The predicted molar refractivity (Wildman–Crippen MR) is 73.5 cm³/mol. The number of amides is 1. The molecule has 1 aromatic carbocycles. The molecule has 0 aliphatic rings. The van der Waals surface area contributed by atoms with Crippen molar-refractivity contribution in [3.05, 3.63) is 40.4 Å². The number of carbonyl (C=O) groups excluding carboxylic acids is 1. The molecule has 2 aromatic rings. The Morgan fingerprint density at radius 3 is 2.71 bits per heavy atom. The minimum atomic E-state index is -2.85. The number of rotatable bonds is 6. The van der Waals surface area contributed by atoms with Crippen molar-refractivity contribution in [2.75, 3.05) is 0 Å². The zero-order valence-electron chi connectivity index (χ0n) is 11.2. The molecule has 1 heterocycles. The number of hydrogen-bond acceptors (Lipinski definition) is 5. The van der Waals surface area contributed by atoms with Gasteiger partial charge in [0.1, 0.15) is 10.6 Å². The molecule has 0 spiro atoms. The predicted octanol–water partition coefficient (Wildman–Crippen LogP) is 2.63. The number of ether oxygens (including phenoxy) is 1. The number of hydrogen-bond donors (Lipinski definition) is 1. The summed E-state index contributed by atoms with van der Waals surface area (Å²) >= 11 is 1.05. The number of benzene rings is 1. The van der Waals surface area contributed by atoms with Crippen LogP contribution in [0.3, 0.4) is 0 Å². The summed E-state index contributed by atoms with van der Waals surface area (Å²) in [7, 11) is 0. The molecule has 2 rings (SSSR count). The van der Waals surface area contributed by atoms with E-state index in [-0.39, 0.29) is 18.2 Å². The van der Waals surface area contributed by atoms with Crippen LogP contribution in [0.4, 0.5) is 8.78 Å². The summed E-state index contributed by atoms with van der Waals surface area (Å²) in [6.45, 7) is -0.661. The summed E-state index contributed by atoms with van der Waals surface area (Å²) in [5.41, 5.74) is 1.44. The van der Waals surface area contributed by atoms with Crippen LogP contribution in [0.1, 0.15) is 27.9 Å². The molecular weight excluding hydrogens is 300 g/mol. The Bertz CT molecular complexity index is 602. The molecule has 1 amide bonds. The number of halogens is 2. The molecule has 0 saturated heterocycles. The quantitative estimate of drug-likeness (QED) is 0.890. The molecule has 0 fully saturated rings. The highest BCUT2D eigenvalue weighted by Crippen LogP contribution is 2.15. The lowest BCUT2D eigenvalue weighted by molar-refractivity contribution is -0.0498. The number of alkyl halides is 2. The maximum Gasteiger partial charge on any atom is 0.387 e. The van der Waals surface area contributed by atoms with E-state index < -0.39 is 6.61 Å². The molecule has 0 saturated carbocycles. The summed E-state index contributed by atoms with van der Waals surface area (Å²) in [4.78, 5) is 12.5. The van der Waals surface area contributed by atoms with E-state index in [9.17, 15) is 13.6 Å². The third-order valence-corrected chi connectivity index (χ3v) is 3.47. The van der Waals surface area contributed by atoms with Gasteiger partial charge in [0, 0.05) is 6.54 Å². The molecule has 1 aromatic heterocycles. The number of carbonyl (C=O) groups is 1. The molecule has 0 aliphatic carbocycles. The Kier molecular flexibility index (Phi) is 5.15. The van der Waals surface area contributed by atoms with Gasteiger partial charge in [-0.1, -0.05) is 23.5 Å². The van der Waals surface area contributed by atoms with Crippen LogP contribution < -0.4 is 10.1 Å². The molecule has 112 valence electrons. The molecular formula is C13H13F2N3O2S. The van der Waals surface area contributed by atoms with Crippen molar-refractivity contribution in [1.82, 2.24) is 14.9 Å². The maximum atomic E-state index is 12.0. The molecule has 21 heavy (non-hydrogen) atoms. The topological polar surface area (TPSA) is 64.1 Å². The van der Waals surface area contributed by atoms with Gasteiger partial charge < -0.3 is 10.1 Å². The van der Waals surface area contributed by atoms with E-state index in [0.717, 1.165) is 17.1 Å². The van der Waals surface area contributed by atoms with Crippen molar-refractivity contribution in [2.24, 2.45) is 0 Å². The Labute approximate surface area is 124 Å². The van der Waals surface area contributed by atoms with Crippen molar-refractivity contribution in [3.63, 3.8) is 0 Å². The van der Waals surface area contributed by atoms with Gasteiger partial charge in [0.05, 0.1) is 5.69 Å². The van der Waals surface area contributed by atoms with Crippen molar-refractivity contribution < 1.29 is 18.3 Å². The molecule has 5 nitrogen and oxygen atoms in total. The lowest BCUT2D eigenvalue weighted by atomic mass is 10.2. The van der Waals surface area contributed by atoms with E-state index in [4.69, 9.17) is 0 Å². The van der Waals surface area contributed by atoms with E-state index in [1.54, 1.807) is 12.1 Å². The van der Waals surface area contributed by atoms with Crippen molar-refractivity contribution >= 4 is 17.4 Å². The Balaban J connectivity index is 1.92. The number of nitrogens with zero attached hydrogens (tertiary/aromatic N) is 2. The average molecular weight is 313 g/mol. The second kappa shape index (κ2) is 7.07. The van der Waals surface area contributed by atoms with Crippen LogP contribution in [0.2, 0.25) is 0 Å². The van der Waals surface area contributed by atoms with Gasteiger partial charge in [-0.05, 0) is 35.6 Å². The zero-order chi connectivity index (χ0) is 15.2. The summed E-state index contributed by atoms with van der Waals surface area (Å²) in [5.74, 6) is -0.158. The lowest BCUT2D eigenvalue weighted by Crippen LogP contribution is -2.22. The second-order valence-corrected chi connectivity index (χ2v) is 4.86. The molecule has 8 heteroatoms. The summed E-state index contributed by atoms with van der Waals surface area (Å²) in [6.07, 6.45) is 0.638. The third-order valence-electron chi connectivity index (χ3n) is 2.70. The summed E-state index contributed by atoms with van der Waals surface area (Å²) < 4.78 is 32.0. The number of aryl methyl sites for hydroxylation is 1. The fraction of sp³-hybridized carbons (Fsp3) is 0.308. The van der Waals surface area contributed by atoms with E-state index in [2.05, 4.69) is 19.6 Å². The van der Waals surface area contributed by atoms with Crippen LogP contribution in [-0.2, 0) is 13.0 Å². The minimum absolute atomic E-state index is 0.0833. The Morgan fingerprint density at radius 1 is 1.38 bits per heavy atom. The average Bonchev–Trinajstić information content (AvgIpc) is 2.94. The monoisotopic (exact) mass is 313 g/mol. The highest BCUT2D eigenvalue weighted by molar-refractivity contribution is 7.08. The van der Waals surface area contributed by atoms with Gasteiger partial charge in [0.15, 0.2) is 0 Å². The van der Waals surface area contributed by atoms with Crippen molar-refractivity contribution in [2.45, 2.75) is 26.5 Å². The fourth-order valence-electron chi connectivity index (χ4n) is 1.66. The van der Waals surface area contributed by atoms with Crippen LogP contribution >= 0.6 is 11.5 Å². The van der Waals surface area contributed by atoms with Crippen LogP contribution in [0.5, 0.6) is 5.75 Å². The van der Waals surface area contributed by atoms with Gasteiger partial charge >= 0.3 is 6.61 Å². The first-order valence-electron chi connectivity index (χ1n) is 6.23. The van der Waals surface area contributed by atoms with Gasteiger partial charge in [0.2, 0.25) is 0 Å². The van der Waals surface area contributed by atoms with Crippen LogP contribution in [0.15, 0.2) is 24.3 Å². The molecule has 1 N–H and O–H groups in total. The van der Waals surface area contributed by atoms with Crippen LogP contribution in [0, 0.1) is 0 Å². The normalized spacial score (nSPS) is 10.7. The first kappa shape index (κ1) is 15.3. The fourth-order valence-corrected chi connectivity index (χ4v) is 2.33.